The molecule has 0 amide bonds. The Balaban J connectivity index is 1.78. The van der Waals surface area contributed by atoms with Crippen LogP contribution in [0.15, 0.2) is 30.3 Å². The number of rotatable bonds is 4. The van der Waals surface area contributed by atoms with E-state index in [-0.39, 0.29) is 0 Å². The van der Waals surface area contributed by atoms with Crippen LogP contribution in [0, 0.1) is 5.92 Å². The molecule has 0 heterocycles. The highest BCUT2D eigenvalue weighted by Gasteiger charge is 2.30. The van der Waals surface area contributed by atoms with Gasteiger partial charge in [-0.05, 0) is 19.8 Å². The number of nitrogens with two attached hydrogens (primary N) is 1. The lowest BCUT2D eigenvalue weighted by molar-refractivity contribution is -0.704. The van der Waals surface area contributed by atoms with Gasteiger partial charge in [-0.15, -0.1) is 0 Å². The van der Waals surface area contributed by atoms with Gasteiger partial charge < -0.3 is 5.32 Å². The largest absolute Gasteiger partial charge is 0.340 e. The lowest BCUT2D eigenvalue weighted by atomic mass is 10.2. The molecule has 0 saturated heterocycles. The smallest absolute Gasteiger partial charge is 0.101 e. The second kappa shape index (κ2) is 3.93. The first kappa shape index (κ1) is 8.76. The summed E-state index contributed by atoms with van der Waals surface area (Å²) in [7, 11) is 0. The maximum absolute atomic E-state index is 2.47. The van der Waals surface area contributed by atoms with Crippen molar-refractivity contribution in [3.8, 4) is 0 Å². The van der Waals surface area contributed by atoms with Crippen LogP contribution in [0.25, 0.3) is 0 Å². The van der Waals surface area contributed by atoms with E-state index in [0.717, 1.165) is 18.5 Å². The monoisotopic (exact) mass is 176 g/mol. The summed E-state index contributed by atoms with van der Waals surface area (Å²) in [5, 5.41) is 2.47. The van der Waals surface area contributed by atoms with E-state index in [0.29, 0.717) is 0 Å². The van der Waals surface area contributed by atoms with E-state index in [4.69, 9.17) is 0 Å². The average molecular weight is 176 g/mol. The van der Waals surface area contributed by atoms with Gasteiger partial charge in [-0.2, -0.15) is 0 Å². The molecule has 1 aromatic rings. The summed E-state index contributed by atoms with van der Waals surface area (Å²) in [6.07, 6.45) is 2.90. The van der Waals surface area contributed by atoms with E-state index in [1.807, 2.05) is 0 Å². The molecule has 70 valence electrons. The van der Waals surface area contributed by atoms with Crippen LogP contribution in [0.5, 0.6) is 0 Å². The third-order valence-electron chi connectivity index (χ3n) is 2.93. The third-order valence-corrected chi connectivity index (χ3v) is 2.93. The first-order valence-corrected chi connectivity index (χ1v) is 5.23. The lowest BCUT2D eigenvalue weighted by Gasteiger charge is -2.08. The third kappa shape index (κ3) is 2.56. The predicted octanol–water partition coefficient (Wildman–Crippen LogP) is 1.55. The van der Waals surface area contributed by atoms with E-state index < -0.39 is 0 Å². The molecule has 0 aliphatic heterocycles. The van der Waals surface area contributed by atoms with Gasteiger partial charge in [0.25, 0.3) is 0 Å². The van der Waals surface area contributed by atoms with Crippen molar-refractivity contribution in [3.05, 3.63) is 35.9 Å². The molecule has 1 unspecified atom stereocenters. The van der Waals surface area contributed by atoms with E-state index >= 15 is 0 Å². The van der Waals surface area contributed by atoms with Crippen LogP contribution < -0.4 is 5.32 Å². The van der Waals surface area contributed by atoms with Gasteiger partial charge in [0.15, 0.2) is 0 Å². The van der Waals surface area contributed by atoms with Crippen LogP contribution in [-0.4, -0.2) is 6.04 Å². The lowest BCUT2D eigenvalue weighted by Crippen LogP contribution is -2.88. The number of hydrogen-bond donors (Lipinski definition) is 1. The summed E-state index contributed by atoms with van der Waals surface area (Å²) in [4.78, 5) is 0. The van der Waals surface area contributed by atoms with Crippen LogP contribution in [0.1, 0.15) is 25.3 Å². The van der Waals surface area contributed by atoms with Gasteiger partial charge in [-0.1, -0.05) is 30.3 Å². The number of hydrogen-bond acceptors (Lipinski definition) is 0. The molecule has 2 rings (SSSR count). The molecule has 0 radical (unpaired) electrons. The van der Waals surface area contributed by atoms with Gasteiger partial charge in [0, 0.05) is 11.5 Å². The Morgan fingerprint density at radius 3 is 2.62 bits per heavy atom. The molecule has 0 aromatic heterocycles. The Kier molecular flexibility index (Phi) is 2.65. The fourth-order valence-electron chi connectivity index (χ4n) is 1.75. The highest BCUT2D eigenvalue weighted by Crippen LogP contribution is 2.30. The first-order chi connectivity index (χ1) is 6.36. The minimum absolute atomic E-state index is 0.820. The number of quaternary nitrogens is 1. The minimum Gasteiger partial charge on any atom is -0.340 e. The van der Waals surface area contributed by atoms with Gasteiger partial charge in [0.05, 0.1) is 6.04 Å². The molecule has 1 aromatic carbocycles. The molecular formula is C12H18N+. The van der Waals surface area contributed by atoms with Crippen LogP contribution in [0.4, 0.5) is 0 Å². The average Bonchev–Trinajstić information content (AvgIpc) is 2.99. The maximum atomic E-state index is 2.47. The SMILES string of the molecule is CC([NH2+]Cc1ccccc1)C1CC1. The molecule has 1 heteroatoms. The molecule has 2 N–H and O–H groups in total. The van der Waals surface area contributed by atoms with Crippen molar-refractivity contribution >= 4 is 0 Å². The molecule has 1 nitrogen and oxygen atoms in total. The zero-order valence-corrected chi connectivity index (χ0v) is 8.24. The van der Waals surface area contributed by atoms with E-state index in [2.05, 4.69) is 42.6 Å². The standard InChI is InChI=1S/C12H17N/c1-10(12-7-8-12)13-9-11-5-3-2-4-6-11/h2-6,10,12-13H,7-9H2,1H3/p+1. The van der Waals surface area contributed by atoms with Crippen molar-refractivity contribution in [1.29, 1.82) is 0 Å². The van der Waals surface area contributed by atoms with E-state index in [1.165, 1.54) is 18.4 Å². The van der Waals surface area contributed by atoms with Crippen molar-refractivity contribution in [2.45, 2.75) is 32.4 Å². The normalized spacial score (nSPS) is 18.5. The Morgan fingerprint density at radius 1 is 1.31 bits per heavy atom. The van der Waals surface area contributed by atoms with E-state index in [1.54, 1.807) is 0 Å². The molecular weight excluding hydrogens is 158 g/mol. The van der Waals surface area contributed by atoms with Crippen molar-refractivity contribution in [1.82, 2.24) is 0 Å². The molecule has 0 bridgehead atoms. The Hall–Kier alpha value is -0.820. The van der Waals surface area contributed by atoms with Crippen LogP contribution >= 0.6 is 0 Å². The summed E-state index contributed by atoms with van der Waals surface area (Å²) >= 11 is 0. The van der Waals surface area contributed by atoms with Crippen molar-refractivity contribution in [2.75, 3.05) is 0 Å². The summed E-state index contributed by atoms with van der Waals surface area (Å²) < 4.78 is 0. The second-order valence-electron chi connectivity index (χ2n) is 4.12. The van der Waals surface area contributed by atoms with Gasteiger partial charge in [0.2, 0.25) is 0 Å². The molecule has 1 fully saturated rings. The Morgan fingerprint density at radius 2 is 2.00 bits per heavy atom. The number of benzene rings is 1. The molecule has 0 spiro atoms. The van der Waals surface area contributed by atoms with Gasteiger partial charge in [-0.25, -0.2) is 0 Å². The highest BCUT2D eigenvalue weighted by molar-refractivity contribution is 5.12. The van der Waals surface area contributed by atoms with Crippen LogP contribution in [0.2, 0.25) is 0 Å². The maximum Gasteiger partial charge on any atom is 0.101 e. The highest BCUT2D eigenvalue weighted by atomic mass is 14.9. The molecule has 1 aliphatic rings. The van der Waals surface area contributed by atoms with Crippen molar-refractivity contribution < 1.29 is 5.32 Å². The molecule has 1 atom stereocenters. The fraction of sp³-hybridized carbons (Fsp3) is 0.500. The molecule has 1 aliphatic carbocycles. The zero-order chi connectivity index (χ0) is 9.10. The van der Waals surface area contributed by atoms with Crippen molar-refractivity contribution in [3.63, 3.8) is 0 Å². The van der Waals surface area contributed by atoms with Gasteiger partial charge >= 0.3 is 0 Å². The van der Waals surface area contributed by atoms with E-state index in [9.17, 15) is 0 Å². The second-order valence-corrected chi connectivity index (χ2v) is 4.12. The summed E-state index contributed by atoms with van der Waals surface area (Å²) in [5.74, 6) is 1.00. The predicted molar refractivity (Wildman–Crippen MR) is 54.3 cm³/mol. The summed E-state index contributed by atoms with van der Waals surface area (Å²) in [6, 6.07) is 11.5. The van der Waals surface area contributed by atoms with Crippen LogP contribution in [-0.2, 0) is 6.54 Å². The van der Waals surface area contributed by atoms with Gasteiger partial charge in [-0.3, -0.25) is 0 Å². The Labute approximate surface area is 80.2 Å². The zero-order valence-electron chi connectivity index (χ0n) is 8.24. The quantitative estimate of drug-likeness (QED) is 0.717. The van der Waals surface area contributed by atoms with Crippen molar-refractivity contribution in [2.24, 2.45) is 5.92 Å². The fourth-order valence-corrected chi connectivity index (χ4v) is 1.75. The molecule has 13 heavy (non-hydrogen) atoms. The first-order valence-electron chi connectivity index (χ1n) is 5.23. The minimum atomic E-state index is 0.820. The van der Waals surface area contributed by atoms with Crippen LogP contribution in [0.3, 0.4) is 0 Å². The summed E-state index contributed by atoms with van der Waals surface area (Å²) in [5.41, 5.74) is 1.44. The summed E-state index contributed by atoms with van der Waals surface area (Å²) in [6.45, 7) is 3.49. The van der Waals surface area contributed by atoms with Gasteiger partial charge in [0.1, 0.15) is 6.54 Å². The molecule has 1 saturated carbocycles. The topological polar surface area (TPSA) is 16.6 Å². The Bertz CT molecular complexity index is 251.